The number of nitrogens with one attached hydrogen (secondary N) is 1. The van der Waals surface area contributed by atoms with Gasteiger partial charge in [-0.15, -0.1) is 0 Å². The number of anilines is 1. The molecule has 2 rings (SSSR count). The van der Waals surface area contributed by atoms with Gasteiger partial charge in [-0.2, -0.15) is 0 Å². The van der Waals surface area contributed by atoms with Crippen LogP contribution < -0.4 is 5.32 Å². The van der Waals surface area contributed by atoms with E-state index in [-0.39, 0.29) is 0 Å². The van der Waals surface area contributed by atoms with Gasteiger partial charge in [0.2, 0.25) is 0 Å². The number of hydrogen-bond donors (Lipinski definition) is 2. The number of carbonyl (C=O) groups is 2. The Hall–Kier alpha value is -1.75. The second-order valence-electron chi connectivity index (χ2n) is 6.92. The van der Waals surface area contributed by atoms with Crippen LogP contribution in [0.3, 0.4) is 0 Å². The molecule has 0 aliphatic heterocycles. The van der Waals surface area contributed by atoms with Crippen molar-refractivity contribution in [2.75, 3.05) is 5.32 Å². The maximum Gasteiger partial charge on any atom is 0.412 e. The molecule has 1 saturated carbocycles. The van der Waals surface area contributed by atoms with Crippen LogP contribution in [-0.4, -0.2) is 22.8 Å². The van der Waals surface area contributed by atoms with E-state index in [1.807, 2.05) is 0 Å². The van der Waals surface area contributed by atoms with Gasteiger partial charge in [-0.3, -0.25) is 10.1 Å². The molecule has 0 unspecified atom stereocenters. The Labute approximate surface area is 141 Å². The molecular formula is C17H22ClNO4. The van der Waals surface area contributed by atoms with Gasteiger partial charge in [0, 0.05) is 0 Å². The first kappa shape index (κ1) is 17.6. The third-order valence-electron chi connectivity index (χ3n) is 4.02. The Balaban J connectivity index is 2.21. The smallest absolute Gasteiger partial charge is 0.412 e. The van der Waals surface area contributed by atoms with Crippen molar-refractivity contribution in [3.8, 4) is 0 Å². The van der Waals surface area contributed by atoms with Crippen LogP contribution in [0.5, 0.6) is 0 Å². The van der Waals surface area contributed by atoms with Crippen molar-refractivity contribution in [2.24, 2.45) is 0 Å². The monoisotopic (exact) mass is 339 g/mol. The Morgan fingerprint density at radius 2 is 1.87 bits per heavy atom. The highest BCUT2D eigenvalue weighted by molar-refractivity contribution is 6.33. The molecule has 126 valence electrons. The van der Waals surface area contributed by atoms with Crippen LogP contribution in [-0.2, 0) is 14.9 Å². The van der Waals surface area contributed by atoms with Gasteiger partial charge in [-0.1, -0.05) is 30.5 Å². The summed E-state index contributed by atoms with van der Waals surface area (Å²) in [5.41, 5.74) is -0.382. The van der Waals surface area contributed by atoms with E-state index in [1.165, 1.54) is 0 Å². The van der Waals surface area contributed by atoms with Gasteiger partial charge in [-0.05, 0) is 51.3 Å². The number of carboxylic acid groups (broad SMARTS) is 1. The minimum absolute atomic E-state index is 0.306. The summed E-state index contributed by atoms with van der Waals surface area (Å²) in [5.74, 6) is -0.820. The maximum absolute atomic E-state index is 11.8. The van der Waals surface area contributed by atoms with Crippen LogP contribution >= 0.6 is 11.6 Å². The van der Waals surface area contributed by atoms with Gasteiger partial charge in [-0.25, -0.2) is 4.79 Å². The average Bonchev–Trinajstić information content (AvgIpc) is 2.89. The summed E-state index contributed by atoms with van der Waals surface area (Å²) in [6.45, 7) is 5.32. The van der Waals surface area contributed by atoms with Crippen LogP contribution in [0.4, 0.5) is 10.5 Å². The van der Waals surface area contributed by atoms with E-state index < -0.39 is 23.1 Å². The summed E-state index contributed by atoms with van der Waals surface area (Å²) in [7, 11) is 0. The van der Waals surface area contributed by atoms with Gasteiger partial charge in [0.1, 0.15) is 5.60 Å². The van der Waals surface area contributed by atoms with Crippen LogP contribution in [0.25, 0.3) is 0 Å². The zero-order valence-electron chi connectivity index (χ0n) is 13.6. The fourth-order valence-electron chi connectivity index (χ4n) is 2.93. The number of rotatable bonds is 3. The molecule has 0 atom stereocenters. The average molecular weight is 340 g/mol. The first-order chi connectivity index (χ1) is 10.6. The zero-order chi connectivity index (χ0) is 17.3. The fraction of sp³-hybridized carbons (Fsp3) is 0.529. The summed E-state index contributed by atoms with van der Waals surface area (Å²) >= 11 is 6.23. The molecule has 6 heteroatoms. The Morgan fingerprint density at radius 1 is 1.26 bits per heavy atom. The number of halogens is 1. The number of aliphatic carboxylic acids is 1. The molecule has 0 spiro atoms. The first-order valence-electron chi connectivity index (χ1n) is 7.67. The highest BCUT2D eigenvalue weighted by atomic mass is 35.5. The van der Waals surface area contributed by atoms with Crippen molar-refractivity contribution in [3.05, 3.63) is 28.8 Å². The third kappa shape index (κ3) is 3.96. The number of ether oxygens (including phenoxy) is 1. The van der Waals surface area contributed by atoms with Crippen molar-refractivity contribution in [1.29, 1.82) is 0 Å². The summed E-state index contributed by atoms with van der Waals surface area (Å²) in [6, 6.07) is 4.98. The lowest BCUT2D eigenvalue weighted by Gasteiger charge is -2.25. The second-order valence-corrected chi connectivity index (χ2v) is 7.32. The molecule has 1 aliphatic rings. The molecule has 1 aliphatic carbocycles. The molecule has 1 fully saturated rings. The molecule has 1 aromatic carbocycles. The Morgan fingerprint density at radius 3 is 2.35 bits per heavy atom. The van der Waals surface area contributed by atoms with E-state index >= 15 is 0 Å². The van der Waals surface area contributed by atoms with Gasteiger partial charge in [0.15, 0.2) is 0 Å². The standard InChI is InChI=1S/C17H22ClNO4/c1-16(2,3)23-15(22)19-13-7-6-11(10-12(13)18)17(14(20)21)8-4-5-9-17/h6-7,10H,4-5,8-9H2,1-3H3,(H,19,22)(H,20,21). The summed E-state index contributed by atoms with van der Waals surface area (Å²) in [4.78, 5) is 23.5. The molecule has 0 saturated heterocycles. The third-order valence-corrected chi connectivity index (χ3v) is 4.34. The van der Waals surface area contributed by atoms with E-state index in [9.17, 15) is 14.7 Å². The normalized spacial score (nSPS) is 16.9. The first-order valence-corrected chi connectivity index (χ1v) is 8.05. The van der Waals surface area contributed by atoms with E-state index in [4.69, 9.17) is 16.3 Å². The quantitative estimate of drug-likeness (QED) is 0.844. The Bertz CT molecular complexity index is 616. The predicted molar refractivity (Wildman–Crippen MR) is 89.1 cm³/mol. The van der Waals surface area contributed by atoms with Gasteiger partial charge >= 0.3 is 12.1 Å². The van der Waals surface area contributed by atoms with E-state index in [0.717, 1.165) is 12.8 Å². The topological polar surface area (TPSA) is 75.6 Å². The van der Waals surface area contributed by atoms with Crippen molar-refractivity contribution >= 4 is 29.4 Å². The van der Waals surface area contributed by atoms with E-state index in [2.05, 4.69) is 5.32 Å². The van der Waals surface area contributed by atoms with Crippen LogP contribution in [0.1, 0.15) is 52.0 Å². The van der Waals surface area contributed by atoms with Gasteiger partial charge in [0.25, 0.3) is 0 Å². The molecule has 1 aromatic rings. The number of benzene rings is 1. The Kier molecular flexibility index (Phi) is 4.90. The lowest BCUT2D eigenvalue weighted by atomic mass is 9.79. The summed E-state index contributed by atoms with van der Waals surface area (Å²) in [5, 5.41) is 12.5. The van der Waals surface area contributed by atoms with Gasteiger partial charge < -0.3 is 9.84 Å². The molecule has 2 N–H and O–H groups in total. The number of hydrogen-bond acceptors (Lipinski definition) is 3. The molecule has 23 heavy (non-hydrogen) atoms. The second kappa shape index (κ2) is 6.40. The molecule has 1 amide bonds. The largest absolute Gasteiger partial charge is 0.481 e. The SMILES string of the molecule is CC(C)(C)OC(=O)Nc1ccc(C2(C(=O)O)CCCC2)cc1Cl. The van der Waals surface area contributed by atoms with Crippen LogP contribution in [0.2, 0.25) is 5.02 Å². The minimum atomic E-state index is -0.867. The maximum atomic E-state index is 11.8. The van der Waals surface area contributed by atoms with E-state index in [1.54, 1.807) is 39.0 Å². The molecule has 0 heterocycles. The summed E-state index contributed by atoms with van der Waals surface area (Å²) in [6.07, 6.45) is 2.40. The highest BCUT2D eigenvalue weighted by Crippen LogP contribution is 2.43. The van der Waals surface area contributed by atoms with Crippen molar-refractivity contribution in [1.82, 2.24) is 0 Å². The lowest BCUT2D eigenvalue weighted by Crippen LogP contribution is -2.32. The van der Waals surface area contributed by atoms with Crippen LogP contribution in [0, 0.1) is 0 Å². The number of carbonyl (C=O) groups excluding carboxylic acids is 1. The minimum Gasteiger partial charge on any atom is -0.481 e. The van der Waals surface area contributed by atoms with Crippen molar-refractivity contribution in [3.63, 3.8) is 0 Å². The predicted octanol–water partition coefficient (Wildman–Crippen LogP) is 4.58. The highest BCUT2D eigenvalue weighted by Gasteiger charge is 2.43. The zero-order valence-corrected chi connectivity index (χ0v) is 14.4. The fourth-order valence-corrected chi connectivity index (χ4v) is 3.16. The van der Waals surface area contributed by atoms with Crippen LogP contribution in [0.15, 0.2) is 18.2 Å². The number of carboxylic acids is 1. The molecule has 0 bridgehead atoms. The lowest BCUT2D eigenvalue weighted by molar-refractivity contribution is -0.143. The molecule has 5 nitrogen and oxygen atoms in total. The van der Waals surface area contributed by atoms with Crippen molar-refractivity contribution in [2.45, 2.75) is 57.5 Å². The molecule has 0 radical (unpaired) electrons. The molecular weight excluding hydrogens is 318 g/mol. The summed E-state index contributed by atoms with van der Waals surface area (Å²) < 4.78 is 5.18. The van der Waals surface area contributed by atoms with Gasteiger partial charge in [0.05, 0.1) is 16.1 Å². The number of amides is 1. The van der Waals surface area contributed by atoms with E-state index in [0.29, 0.717) is 29.1 Å². The molecule has 0 aromatic heterocycles. The van der Waals surface area contributed by atoms with Crippen molar-refractivity contribution < 1.29 is 19.4 Å².